The third kappa shape index (κ3) is 4.98. The molecule has 5 rings (SSSR count). The molecule has 0 atom stereocenters. The Morgan fingerprint density at radius 1 is 0.972 bits per heavy atom. The number of aliphatic imine (C=N–C) groups is 1. The molecule has 182 valence electrons. The van der Waals surface area contributed by atoms with Crippen molar-refractivity contribution in [2.24, 2.45) is 4.99 Å². The van der Waals surface area contributed by atoms with Crippen LogP contribution in [-0.4, -0.2) is 35.7 Å². The van der Waals surface area contributed by atoms with Gasteiger partial charge in [0.15, 0.2) is 5.17 Å². The summed E-state index contributed by atoms with van der Waals surface area (Å²) in [6.07, 6.45) is -0.502. The van der Waals surface area contributed by atoms with Crippen molar-refractivity contribution >= 4 is 57.8 Å². The first-order chi connectivity index (χ1) is 17.5. The number of benzene rings is 3. The number of amides is 2. The van der Waals surface area contributed by atoms with Gasteiger partial charge in [-0.05, 0) is 60.6 Å². The van der Waals surface area contributed by atoms with E-state index in [0.717, 1.165) is 21.2 Å². The molecule has 36 heavy (non-hydrogen) atoms. The number of hydrogen-bond acceptors (Lipinski definition) is 7. The number of hydrogen-bond donors (Lipinski definition) is 1. The average molecular weight is 517 g/mol. The lowest BCUT2D eigenvalue weighted by Gasteiger charge is -2.17. The quantitative estimate of drug-likeness (QED) is 0.394. The molecule has 1 fully saturated rings. The highest BCUT2D eigenvalue weighted by molar-refractivity contribution is 8.19. The van der Waals surface area contributed by atoms with Gasteiger partial charge in [-0.25, -0.2) is 9.79 Å². The molecule has 2 aliphatic heterocycles. The number of nitrogens with zero attached hydrogens (tertiary/aromatic N) is 3. The van der Waals surface area contributed by atoms with Crippen molar-refractivity contribution < 1.29 is 14.3 Å². The van der Waals surface area contributed by atoms with Gasteiger partial charge in [-0.1, -0.05) is 54.2 Å². The highest BCUT2D eigenvalue weighted by Crippen LogP contribution is 2.50. The maximum absolute atomic E-state index is 13.7. The number of rotatable bonds is 5. The molecule has 1 saturated heterocycles. The normalized spacial score (nSPS) is 18.1. The van der Waals surface area contributed by atoms with Gasteiger partial charge in [0.25, 0.3) is 5.91 Å². The number of carbonyl (C=O) groups is 2. The van der Waals surface area contributed by atoms with Crippen LogP contribution in [0, 0.1) is 0 Å². The maximum Gasteiger partial charge on any atom is 0.411 e. The molecule has 9 heteroatoms. The van der Waals surface area contributed by atoms with Crippen LogP contribution >= 0.6 is 23.5 Å². The summed E-state index contributed by atoms with van der Waals surface area (Å²) in [7, 11) is 1.99. The van der Waals surface area contributed by atoms with E-state index in [0.29, 0.717) is 34.6 Å². The summed E-state index contributed by atoms with van der Waals surface area (Å²) < 4.78 is 4.92. The fourth-order valence-electron chi connectivity index (χ4n) is 3.84. The van der Waals surface area contributed by atoms with Gasteiger partial charge in [0.1, 0.15) is 4.91 Å². The second-order valence-electron chi connectivity index (χ2n) is 8.03. The van der Waals surface area contributed by atoms with Crippen LogP contribution in [0.5, 0.6) is 0 Å². The number of nitrogens with one attached hydrogen (secondary N) is 1. The second-order valence-corrected chi connectivity index (χ2v) is 10.0. The molecule has 2 aliphatic rings. The van der Waals surface area contributed by atoms with Gasteiger partial charge in [-0.2, -0.15) is 0 Å². The Morgan fingerprint density at radius 3 is 2.42 bits per heavy atom. The summed E-state index contributed by atoms with van der Waals surface area (Å²) in [6.45, 7) is 2.48. The van der Waals surface area contributed by atoms with E-state index in [2.05, 4.69) is 22.3 Å². The number of anilines is 2. The Kier molecular flexibility index (Phi) is 7.02. The minimum absolute atomic E-state index is 0.0645. The molecule has 3 aromatic rings. The van der Waals surface area contributed by atoms with E-state index < -0.39 is 6.09 Å². The van der Waals surface area contributed by atoms with Crippen LogP contribution in [0.3, 0.4) is 0 Å². The molecule has 3 aromatic carbocycles. The Balaban J connectivity index is 1.46. The van der Waals surface area contributed by atoms with Gasteiger partial charge < -0.3 is 9.64 Å². The lowest BCUT2D eigenvalue weighted by atomic mass is 10.2. The zero-order valence-electron chi connectivity index (χ0n) is 19.8. The maximum atomic E-state index is 13.7. The molecule has 1 N–H and O–H groups in total. The first-order valence-corrected chi connectivity index (χ1v) is 13.1. The predicted molar refractivity (Wildman–Crippen MR) is 146 cm³/mol. The summed E-state index contributed by atoms with van der Waals surface area (Å²) in [5, 5.41) is 4.19. The van der Waals surface area contributed by atoms with E-state index >= 15 is 0 Å². The van der Waals surface area contributed by atoms with Gasteiger partial charge in [0, 0.05) is 17.6 Å². The molecule has 2 heterocycles. The van der Waals surface area contributed by atoms with Crippen molar-refractivity contribution in [1.82, 2.24) is 4.90 Å². The second kappa shape index (κ2) is 10.5. The number of ether oxygens (including phenoxy) is 1. The third-order valence-electron chi connectivity index (χ3n) is 5.59. The van der Waals surface area contributed by atoms with Crippen molar-refractivity contribution in [2.75, 3.05) is 23.9 Å². The van der Waals surface area contributed by atoms with Crippen molar-refractivity contribution in [3.8, 4) is 0 Å². The van der Waals surface area contributed by atoms with Crippen molar-refractivity contribution in [3.05, 3.63) is 94.4 Å². The topological polar surface area (TPSA) is 74.2 Å². The number of fused-ring (bicyclic) bond motifs is 1. The fraction of sp³-hybridized carbons (Fsp3) is 0.148. The van der Waals surface area contributed by atoms with Crippen LogP contribution in [-0.2, 0) is 16.1 Å². The largest absolute Gasteiger partial charge is 0.450 e. The predicted octanol–water partition coefficient (Wildman–Crippen LogP) is 6.43. The Bertz CT molecular complexity index is 1360. The van der Waals surface area contributed by atoms with Crippen LogP contribution in [0.1, 0.15) is 12.5 Å². The Labute approximate surface area is 218 Å². The monoisotopic (exact) mass is 516 g/mol. The molecular weight excluding hydrogens is 492 g/mol. The SMILES string of the molecule is CCOC(=O)Nc1ccc(N=C2SC(=C3Sc4ccccc4N3C)C(=O)N2Cc2ccccc2)cc1. The van der Waals surface area contributed by atoms with Crippen molar-refractivity contribution in [2.45, 2.75) is 18.4 Å². The molecule has 0 saturated carbocycles. The molecule has 0 aromatic heterocycles. The molecule has 7 nitrogen and oxygen atoms in total. The summed E-state index contributed by atoms with van der Waals surface area (Å²) in [6, 6.07) is 25.2. The van der Waals surface area contributed by atoms with Gasteiger partial charge in [0.2, 0.25) is 0 Å². The third-order valence-corrected chi connectivity index (χ3v) is 8.03. The molecular formula is C27H24N4O3S2. The number of carbonyl (C=O) groups excluding carboxylic acids is 2. The van der Waals surface area contributed by atoms with E-state index in [-0.39, 0.29) is 5.91 Å². The molecule has 0 radical (unpaired) electrons. The zero-order chi connectivity index (χ0) is 25.1. The summed E-state index contributed by atoms with van der Waals surface area (Å²) in [4.78, 5) is 35.8. The molecule has 0 unspecified atom stereocenters. The van der Waals surface area contributed by atoms with Crippen LogP contribution in [0.25, 0.3) is 0 Å². The molecule has 0 spiro atoms. The lowest BCUT2D eigenvalue weighted by Crippen LogP contribution is -2.29. The lowest BCUT2D eigenvalue weighted by molar-refractivity contribution is -0.122. The average Bonchev–Trinajstić information content (AvgIpc) is 3.37. The standard InChI is InChI=1S/C27H24N4O3S2/c1-3-34-27(33)29-20-15-13-19(14-16-20)28-26-31(17-18-9-5-4-6-10-18)24(32)23(36-26)25-30(2)21-11-7-8-12-22(21)35-25/h4-16H,3,17H2,1-2H3,(H,29,33). The van der Waals surface area contributed by atoms with E-state index in [1.807, 2.05) is 49.5 Å². The number of amidine groups is 1. The molecule has 0 aliphatic carbocycles. The van der Waals surface area contributed by atoms with Gasteiger partial charge >= 0.3 is 6.09 Å². The van der Waals surface area contributed by atoms with Gasteiger partial charge in [0.05, 0.1) is 29.6 Å². The summed E-state index contributed by atoms with van der Waals surface area (Å²) in [5.74, 6) is -0.0645. The highest BCUT2D eigenvalue weighted by Gasteiger charge is 2.39. The Hall–Kier alpha value is -3.69. The van der Waals surface area contributed by atoms with Crippen LogP contribution in [0.15, 0.2) is 98.7 Å². The van der Waals surface area contributed by atoms with Gasteiger partial charge in [-0.3, -0.25) is 15.0 Å². The molecule has 2 amide bonds. The van der Waals surface area contributed by atoms with E-state index in [1.165, 1.54) is 11.8 Å². The van der Waals surface area contributed by atoms with E-state index in [4.69, 9.17) is 9.73 Å². The number of para-hydroxylation sites is 1. The van der Waals surface area contributed by atoms with Crippen LogP contribution in [0.2, 0.25) is 0 Å². The minimum atomic E-state index is -0.502. The highest BCUT2D eigenvalue weighted by atomic mass is 32.2. The smallest absolute Gasteiger partial charge is 0.411 e. The fourth-order valence-corrected chi connectivity index (χ4v) is 6.18. The van der Waals surface area contributed by atoms with Crippen LogP contribution < -0.4 is 10.2 Å². The summed E-state index contributed by atoms with van der Waals surface area (Å²) in [5.41, 5.74) is 3.40. The number of thioether (sulfide) groups is 2. The van der Waals surface area contributed by atoms with Gasteiger partial charge in [-0.15, -0.1) is 0 Å². The van der Waals surface area contributed by atoms with E-state index in [9.17, 15) is 9.59 Å². The first kappa shape index (κ1) is 24.0. The van der Waals surface area contributed by atoms with E-state index in [1.54, 1.807) is 47.9 Å². The zero-order valence-corrected chi connectivity index (χ0v) is 21.4. The molecule has 0 bridgehead atoms. The first-order valence-electron chi connectivity index (χ1n) is 11.4. The summed E-state index contributed by atoms with van der Waals surface area (Å²) >= 11 is 2.99. The van der Waals surface area contributed by atoms with Crippen LogP contribution in [0.4, 0.5) is 21.9 Å². The Morgan fingerprint density at radius 2 is 1.69 bits per heavy atom. The minimum Gasteiger partial charge on any atom is -0.450 e. The van der Waals surface area contributed by atoms with Crippen molar-refractivity contribution in [1.29, 1.82) is 0 Å². The van der Waals surface area contributed by atoms with Crippen molar-refractivity contribution in [3.63, 3.8) is 0 Å².